The van der Waals surface area contributed by atoms with E-state index in [9.17, 15) is 0 Å². The summed E-state index contributed by atoms with van der Waals surface area (Å²) in [4.78, 5) is 0. The van der Waals surface area contributed by atoms with E-state index in [4.69, 9.17) is 0 Å². The Balaban J connectivity index is 2.02. The first-order chi connectivity index (χ1) is 11.9. The third-order valence-corrected chi connectivity index (χ3v) is 5.84. The Kier molecular flexibility index (Phi) is 3.57. The van der Waals surface area contributed by atoms with Crippen LogP contribution < -0.4 is 4.57 Å². The van der Waals surface area contributed by atoms with Crippen LogP contribution in [0.2, 0.25) is 0 Å². The van der Waals surface area contributed by atoms with Crippen molar-refractivity contribution < 1.29 is 4.57 Å². The summed E-state index contributed by atoms with van der Waals surface area (Å²) in [5.41, 5.74) is 11.3. The predicted molar refractivity (Wildman–Crippen MR) is 105 cm³/mol. The smallest absolute Gasteiger partial charge is 0.201 e. The van der Waals surface area contributed by atoms with E-state index in [1.165, 1.54) is 44.6 Å². The van der Waals surface area contributed by atoms with Gasteiger partial charge in [0.15, 0.2) is 6.20 Å². The summed E-state index contributed by atoms with van der Waals surface area (Å²) < 4.78 is 2.21. The molecule has 0 saturated heterocycles. The molecule has 0 N–H and O–H groups in total. The Morgan fingerprint density at radius 1 is 0.920 bits per heavy atom. The highest BCUT2D eigenvalue weighted by atomic mass is 14.9. The minimum atomic E-state index is 0.0473. The zero-order valence-corrected chi connectivity index (χ0v) is 15.9. The van der Waals surface area contributed by atoms with Gasteiger partial charge in [0.25, 0.3) is 0 Å². The Labute approximate surface area is 151 Å². The van der Waals surface area contributed by atoms with Gasteiger partial charge in [0.1, 0.15) is 7.05 Å². The summed E-state index contributed by atoms with van der Waals surface area (Å²) >= 11 is 0. The molecule has 3 aromatic rings. The van der Waals surface area contributed by atoms with Crippen LogP contribution in [0, 0.1) is 6.92 Å². The fourth-order valence-electron chi connectivity index (χ4n) is 4.39. The van der Waals surface area contributed by atoms with Gasteiger partial charge < -0.3 is 0 Å². The fourth-order valence-corrected chi connectivity index (χ4v) is 4.39. The Morgan fingerprint density at radius 2 is 1.72 bits per heavy atom. The highest BCUT2D eigenvalue weighted by Gasteiger charge is 2.37. The van der Waals surface area contributed by atoms with E-state index < -0.39 is 0 Å². The lowest BCUT2D eigenvalue weighted by Gasteiger charge is -2.22. The molecule has 1 heterocycles. The Bertz CT molecular complexity index is 979. The number of hydrogen-bond donors (Lipinski definition) is 0. The van der Waals surface area contributed by atoms with Crippen molar-refractivity contribution in [1.29, 1.82) is 0 Å². The van der Waals surface area contributed by atoms with Crippen molar-refractivity contribution in [1.82, 2.24) is 0 Å². The number of hydrogen-bond acceptors (Lipinski definition) is 0. The van der Waals surface area contributed by atoms with E-state index in [0.717, 1.165) is 6.42 Å². The predicted octanol–water partition coefficient (Wildman–Crippen LogP) is 5.36. The molecule has 0 radical (unpaired) electrons. The monoisotopic (exact) mass is 328 g/mol. The van der Waals surface area contributed by atoms with Gasteiger partial charge in [-0.1, -0.05) is 45.0 Å². The molecule has 0 fully saturated rings. The third kappa shape index (κ3) is 2.26. The van der Waals surface area contributed by atoms with Crippen LogP contribution in [0.25, 0.3) is 22.4 Å². The van der Waals surface area contributed by atoms with E-state index in [0.29, 0.717) is 0 Å². The molecule has 0 saturated carbocycles. The minimum absolute atomic E-state index is 0.0473. The molecule has 25 heavy (non-hydrogen) atoms. The van der Waals surface area contributed by atoms with Gasteiger partial charge >= 0.3 is 0 Å². The zero-order chi connectivity index (χ0) is 17.8. The van der Waals surface area contributed by atoms with Crippen molar-refractivity contribution in [3.8, 4) is 22.4 Å². The second kappa shape index (κ2) is 5.56. The average Bonchev–Trinajstić information content (AvgIpc) is 2.82. The quantitative estimate of drug-likeness (QED) is 0.558. The molecule has 1 aliphatic carbocycles. The number of pyridine rings is 1. The van der Waals surface area contributed by atoms with E-state index >= 15 is 0 Å². The summed E-state index contributed by atoms with van der Waals surface area (Å²) in [6, 6.07) is 18.1. The van der Waals surface area contributed by atoms with Crippen LogP contribution in [-0.2, 0) is 18.9 Å². The van der Waals surface area contributed by atoms with Crippen LogP contribution in [0.5, 0.6) is 0 Å². The van der Waals surface area contributed by atoms with E-state index in [1.807, 2.05) is 0 Å². The lowest BCUT2D eigenvalue weighted by Crippen LogP contribution is -2.30. The molecule has 1 nitrogen and oxygen atoms in total. The second-order valence-corrected chi connectivity index (χ2v) is 7.73. The van der Waals surface area contributed by atoms with Crippen molar-refractivity contribution in [2.45, 2.75) is 39.5 Å². The van der Waals surface area contributed by atoms with Gasteiger partial charge in [0.05, 0.1) is 0 Å². The maximum atomic E-state index is 2.43. The first kappa shape index (κ1) is 16.1. The second-order valence-electron chi connectivity index (χ2n) is 7.73. The van der Waals surface area contributed by atoms with Crippen LogP contribution in [0.1, 0.15) is 43.0 Å². The van der Waals surface area contributed by atoms with E-state index in [1.54, 1.807) is 0 Å². The maximum absolute atomic E-state index is 2.43. The SMILES string of the molecule is CCc1cccc2c1-c1cc(C)c(-c3cccc[n+]3C)cc1C2(C)C. The molecule has 0 spiro atoms. The third-order valence-electron chi connectivity index (χ3n) is 5.84. The fraction of sp³-hybridized carbons (Fsp3) is 0.292. The molecule has 1 aromatic heterocycles. The van der Waals surface area contributed by atoms with Crippen molar-refractivity contribution in [3.05, 3.63) is 77.0 Å². The molecular formula is C24H26N+. The van der Waals surface area contributed by atoms with Crippen molar-refractivity contribution >= 4 is 0 Å². The van der Waals surface area contributed by atoms with Gasteiger partial charge in [-0.05, 0) is 58.9 Å². The number of benzene rings is 2. The van der Waals surface area contributed by atoms with Gasteiger partial charge in [0, 0.05) is 23.1 Å². The Morgan fingerprint density at radius 3 is 2.44 bits per heavy atom. The average molecular weight is 328 g/mol. The van der Waals surface area contributed by atoms with Crippen LogP contribution in [-0.4, -0.2) is 0 Å². The number of aromatic nitrogens is 1. The number of aryl methyl sites for hydroxylation is 3. The molecule has 126 valence electrons. The summed E-state index contributed by atoms with van der Waals surface area (Å²) in [5.74, 6) is 0. The van der Waals surface area contributed by atoms with Gasteiger partial charge in [-0.25, -0.2) is 4.57 Å². The van der Waals surface area contributed by atoms with Crippen molar-refractivity contribution in [3.63, 3.8) is 0 Å². The molecular weight excluding hydrogens is 302 g/mol. The molecule has 2 aromatic carbocycles. The molecule has 0 bridgehead atoms. The van der Waals surface area contributed by atoms with Gasteiger partial charge in [-0.3, -0.25) is 0 Å². The lowest BCUT2D eigenvalue weighted by molar-refractivity contribution is -0.660. The maximum Gasteiger partial charge on any atom is 0.212 e. The number of rotatable bonds is 2. The van der Waals surface area contributed by atoms with Crippen molar-refractivity contribution in [2.75, 3.05) is 0 Å². The summed E-state index contributed by atoms with van der Waals surface area (Å²) in [6.07, 6.45) is 3.20. The molecule has 1 aliphatic rings. The largest absolute Gasteiger partial charge is 0.212 e. The number of nitrogens with zero attached hydrogens (tertiary/aromatic N) is 1. The Hall–Kier alpha value is -2.41. The van der Waals surface area contributed by atoms with Crippen LogP contribution in [0.3, 0.4) is 0 Å². The first-order valence-corrected chi connectivity index (χ1v) is 9.18. The minimum Gasteiger partial charge on any atom is -0.201 e. The topological polar surface area (TPSA) is 3.88 Å². The van der Waals surface area contributed by atoms with Crippen LogP contribution >= 0.6 is 0 Å². The molecule has 0 unspecified atom stereocenters. The molecule has 0 atom stereocenters. The molecule has 0 amide bonds. The molecule has 1 heteroatoms. The van der Waals surface area contributed by atoms with Gasteiger partial charge in [0.2, 0.25) is 5.69 Å². The number of fused-ring (bicyclic) bond motifs is 3. The highest BCUT2D eigenvalue weighted by molar-refractivity contribution is 5.86. The van der Waals surface area contributed by atoms with E-state index in [2.05, 4.69) is 94.0 Å². The summed E-state index contributed by atoms with van der Waals surface area (Å²) in [7, 11) is 2.12. The van der Waals surface area contributed by atoms with Crippen LogP contribution in [0.15, 0.2) is 54.7 Å². The van der Waals surface area contributed by atoms with E-state index in [-0.39, 0.29) is 5.41 Å². The zero-order valence-electron chi connectivity index (χ0n) is 15.9. The van der Waals surface area contributed by atoms with Gasteiger partial charge in [-0.15, -0.1) is 0 Å². The van der Waals surface area contributed by atoms with Gasteiger partial charge in [-0.2, -0.15) is 0 Å². The summed E-state index contributed by atoms with van der Waals surface area (Å²) in [5, 5.41) is 0. The van der Waals surface area contributed by atoms with Crippen molar-refractivity contribution in [2.24, 2.45) is 7.05 Å². The normalized spacial score (nSPS) is 14.3. The standard InChI is InChI=1S/C24H26N/c1-6-17-10-9-11-20-23(17)19-14-16(2)18(15-21(19)24(20,3)4)22-12-7-8-13-25(22)5/h7-15H,6H2,1-5H3/q+1. The molecule has 0 aliphatic heterocycles. The lowest BCUT2D eigenvalue weighted by atomic mass is 9.81. The first-order valence-electron chi connectivity index (χ1n) is 9.18. The van der Waals surface area contributed by atoms with Crippen LogP contribution in [0.4, 0.5) is 0 Å². The highest BCUT2D eigenvalue weighted by Crippen LogP contribution is 2.51. The molecule has 4 rings (SSSR count). The summed E-state index contributed by atoms with van der Waals surface area (Å²) in [6.45, 7) is 9.22.